The van der Waals surface area contributed by atoms with Crippen molar-refractivity contribution in [2.24, 2.45) is 0 Å². The molecule has 1 heterocycles. The fourth-order valence-corrected chi connectivity index (χ4v) is 3.02. The van der Waals surface area contributed by atoms with Crippen molar-refractivity contribution in [3.8, 4) is 0 Å². The molecule has 1 aliphatic rings. The lowest BCUT2D eigenvalue weighted by atomic mass is 10.0. The van der Waals surface area contributed by atoms with Crippen LogP contribution in [0.25, 0.3) is 0 Å². The molecule has 3 rings (SSSR count). The maximum Gasteiger partial charge on any atom is 0.416 e. The molecule has 0 aliphatic carbocycles. The highest BCUT2D eigenvalue weighted by Crippen LogP contribution is 2.30. The lowest BCUT2D eigenvalue weighted by molar-refractivity contribution is -0.137. The zero-order chi connectivity index (χ0) is 20.1. The van der Waals surface area contributed by atoms with E-state index in [0.29, 0.717) is 5.69 Å². The Hall–Kier alpha value is -2.87. The second-order valence-electron chi connectivity index (χ2n) is 6.61. The van der Waals surface area contributed by atoms with Crippen LogP contribution in [0.2, 0.25) is 0 Å². The van der Waals surface area contributed by atoms with Crippen LogP contribution in [0.1, 0.15) is 35.2 Å². The minimum Gasteiger partial charge on any atom is -0.325 e. The SMILES string of the molecule is O=C(Nc1cccc(C(F)(F)F)c1)c1cccc(NC(=O)C2CCCCN2)c1. The molecule has 8 heteroatoms. The lowest BCUT2D eigenvalue weighted by Gasteiger charge is -2.22. The number of anilines is 2. The number of carbonyl (C=O) groups excluding carboxylic acids is 2. The molecule has 0 spiro atoms. The summed E-state index contributed by atoms with van der Waals surface area (Å²) in [5.74, 6) is -0.735. The van der Waals surface area contributed by atoms with Crippen LogP contribution < -0.4 is 16.0 Å². The molecule has 5 nitrogen and oxygen atoms in total. The molecule has 2 aromatic rings. The Bertz CT molecular complexity index is 862. The predicted molar refractivity (Wildman–Crippen MR) is 100 cm³/mol. The summed E-state index contributed by atoms with van der Waals surface area (Å²) >= 11 is 0. The van der Waals surface area contributed by atoms with Crippen molar-refractivity contribution >= 4 is 23.2 Å². The highest BCUT2D eigenvalue weighted by molar-refractivity contribution is 6.05. The summed E-state index contributed by atoms with van der Waals surface area (Å²) in [6.07, 6.45) is -1.72. The number of amides is 2. The zero-order valence-electron chi connectivity index (χ0n) is 15.0. The molecule has 2 aromatic carbocycles. The van der Waals surface area contributed by atoms with E-state index in [0.717, 1.165) is 37.9 Å². The monoisotopic (exact) mass is 391 g/mol. The molecule has 0 aromatic heterocycles. The van der Waals surface area contributed by atoms with Gasteiger partial charge in [-0.1, -0.05) is 18.6 Å². The van der Waals surface area contributed by atoms with Crippen LogP contribution in [0, 0.1) is 0 Å². The van der Waals surface area contributed by atoms with E-state index >= 15 is 0 Å². The average Bonchev–Trinajstić information content (AvgIpc) is 2.68. The summed E-state index contributed by atoms with van der Waals surface area (Å²) in [4.78, 5) is 24.7. The molecule has 28 heavy (non-hydrogen) atoms. The van der Waals surface area contributed by atoms with Crippen molar-refractivity contribution in [3.63, 3.8) is 0 Å². The molecule has 1 aliphatic heterocycles. The Labute approximate surface area is 160 Å². The fourth-order valence-electron chi connectivity index (χ4n) is 3.02. The molecule has 148 valence electrons. The van der Waals surface area contributed by atoms with Crippen LogP contribution in [0.4, 0.5) is 24.5 Å². The molecule has 0 saturated carbocycles. The summed E-state index contributed by atoms with van der Waals surface area (Å²) in [5, 5.41) is 8.36. The summed E-state index contributed by atoms with van der Waals surface area (Å²) < 4.78 is 38.4. The number of nitrogens with one attached hydrogen (secondary N) is 3. The van der Waals surface area contributed by atoms with Crippen molar-refractivity contribution in [1.82, 2.24) is 5.32 Å². The average molecular weight is 391 g/mol. The van der Waals surface area contributed by atoms with Gasteiger partial charge in [-0.05, 0) is 55.8 Å². The van der Waals surface area contributed by atoms with Crippen molar-refractivity contribution < 1.29 is 22.8 Å². The van der Waals surface area contributed by atoms with Crippen LogP contribution in [0.15, 0.2) is 48.5 Å². The van der Waals surface area contributed by atoms with E-state index in [1.165, 1.54) is 24.3 Å². The Balaban J connectivity index is 1.68. The van der Waals surface area contributed by atoms with E-state index < -0.39 is 17.6 Å². The van der Waals surface area contributed by atoms with Gasteiger partial charge >= 0.3 is 6.18 Å². The topological polar surface area (TPSA) is 70.2 Å². The summed E-state index contributed by atoms with van der Waals surface area (Å²) in [5.41, 5.74) is -0.118. The number of hydrogen-bond acceptors (Lipinski definition) is 3. The van der Waals surface area contributed by atoms with Gasteiger partial charge in [-0.2, -0.15) is 13.2 Å². The van der Waals surface area contributed by atoms with Crippen LogP contribution in [-0.2, 0) is 11.0 Å². The number of alkyl halides is 3. The lowest BCUT2D eigenvalue weighted by Crippen LogP contribution is -2.43. The highest BCUT2D eigenvalue weighted by atomic mass is 19.4. The predicted octanol–water partition coefficient (Wildman–Crippen LogP) is 4.04. The molecule has 0 bridgehead atoms. The van der Waals surface area contributed by atoms with E-state index in [4.69, 9.17) is 0 Å². The molecule has 1 saturated heterocycles. The number of piperidine rings is 1. The molecule has 1 fully saturated rings. The van der Waals surface area contributed by atoms with E-state index in [9.17, 15) is 22.8 Å². The van der Waals surface area contributed by atoms with Crippen LogP contribution in [0.3, 0.4) is 0 Å². The van der Waals surface area contributed by atoms with Gasteiger partial charge in [-0.25, -0.2) is 0 Å². The third-order valence-corrected chi connectivity index (χ3v) is 4.47. The molecule has 2 amide bonds. The number of halogens is 3. The molecular weight excluding hydrogens is 371 g/mol. The molecule has 0 radical (unpaired) electrons. The van der Waals surface area contributed by atoms with Crippen molar-refractivity contribution in [2.75, 3.05) is 17.2 Å². The Kier molecular flexibility index (Phi) is 5.99. The van der Waals surface area contributed by atoms with Gasteiger partial charge in [0.05, 0.1) is 11.6 Å². The van der Waals surface area contributed by atoms with Gasteiger partial charge in [-0.15, -0.1) is 0 Å². The Morgan fingerprint density at radius 2 is 1.68 bits per heavy atom. The van der Waals surface area contributed by atoms with E-state index in [1.807, 2.05) is 0 Å². The van der Waals surface area contributed by atoms with Crippen LogP contribution in [-0.4, -0.2) is 24.4 Å². The van der Waals surface area contributed by atoms with Crippen LogP contribution >= 0.6 is 0 Å². The van der Waals surface area contributed by atoms with Crippen molar-refractivity contribution in [1.29, 1.82) is 0 Å². The standard InChI is InChI=1S/C20H20F3N3O2/c21-20(22,23)14-6-4-8-16(12-14)25-18(27)13-5-3-7-15(11-13)26-19(28)17-9-1-2-10-24-17/h3-8,11-12,17,24H,1-2,9-10H2,(H,25,27)(H,26,28). The smallest absolute Gasteiger partial charge is 0.325 e. The Morgan fingerprint density at radius 1 is 0.964 bits per heavy atom. The minimum atomic E-state index is -4.49. The van der Waals surface area contributed by atoms with E-state index in [1.54, 1.807) is 12.1 Å². The third kappa shape index (κ3) is 5.10. The van der Waals surface area contributed by atoms with Gasteiger partial charge in [0.2, 0.25) is 5.91 Å². The van der Waals surface area contributed by atoms with Crippen molar-refractivity contribution in [3.05, 3.63) is 59.7 Å². The highest BCUT2D eigenvalue weighted by Gasteiger charge is 2.30. The quantitative estimate of drug-likeness (QED) is 0.737. The zero-order valence-corrected chi connectivity index (χ0v) is 15.0. The second-order valence-corrected chi connectivity index (χ2v) is 6.61. The fraction of sp³-hybridized carbons (Fsp3) is 0.300. The Morgan fingerprint density at radius 3 is 2.36 bits per heavy atom. The maximum absolute atomic E-state index is 12.8. The first-order chi connectivity index (χ1) is 13.3. The maximum atomic E-state index is 12.8. The number of carbonyl (C=O) groups is 2. The van der Waals surface area contributed by atoms with Gasteiger partial charge < -0.3 is 16.0 Å². The van der Waals surface area contributed by atoms with Gasteiger partial charge in [0, 0.05) is 16.9 Å². The minimum absolute atomic E-state index is 0.0423. The first kappa shape index (κ1) is 19.9. The molecular formula is C20H20F3N3O2. The first-order valence-corrected chi connectivity index (χ1v) is 8.96. The second kappa shape index (κ2) is 8.43. The largest absolute Gasteiger partial charge is 0.416 e. The number of benzene rings is 2. The summed E-state index contributed by atoms with van der Waals surface area (Å²) in [7, 11) is 0. The van der Waals surface area contributed by atoms with Gasteiger partial charge in [-0.3, -0.25) is 9.59 Å². The van der Waals surface area contributed by atoms with Gasteiger partial charge in [0.25, 0.3) is 5.91 Å². The molecule has 1 unspecified atom stereocenters. The van der Waals surface area contributed by atoms with E-state index in [-0.39, 0.29) is 23.2 Å². The summed E-state index contributed by atoms with van der Waals surface area (Å²) in [6, 6.07) is 10.4. The molecule has 1 atom stereocenters. The van der Waals surface area contributed by atoms with E-state index in [2.05, 4.69) is 16.0 Å². The first-order valence-electron chi connectivity index (χ1n) is 8.96. The van der Waals surface area contributed by atoms with Gasteiger partial charge in [0.1, 0.15) is 0 Å². The third-order valence-electron chi connectivity index (χ3n) is 4.47. The number of rotatable bonds is 4. The number of hydrogen-bond donors (Lipinski definition) is 3. The molecule has 3 N–H and O–H groups in total. The van der Waals surface area contributed by atoms with Crippen LogP contribution in [0.5, 0.6) is 0 Å². The summed E-state index contributed by atoms with van der Waals surface area (Å²) in [6.45, 7) is 0.789. The van der Waals surface area contributed by atoms with Gasteiger partial charge in [0.15, 0.2) is 0 Å². The van der Waals surface area contributed by atoms with Crippen molar-refractivity contribution in [2.45, 2.75) is 31.5 Å². The normalized spacial score (nSPS) is 17.0.